The fourth-order valence-electron chi connectivity index (χ4n) is 3.54. The molecule has 3 rings (SSSR count). The zero-order valence-corrected chi connectivity index (χ0v) is 10.3. The number of fused-ring (bicyclic) bond motifs is 1. The van der Waals surface area contributed by atoms with E-state index in [2.05, 4.69) is 40.3 Å². The van der Waals surface area contributed by atoms with E-state index in [0.29, 0.717) is 17.9 Å². The summed E-state index contributed by atoms with van der Waals surface area (Å²) in [6.45, 7) is 13.7. The minimum absolute atomic E-state index is 0.286. The molecule has 0 aromatic rings. The number of allylic oxidation sites excluding steroid dienone is 2. The number of hydrogen-bond acceptors (Lipinski definition) is 1. The van der Waals surface area contributed by atoms with Gasteiger partial charge in [-0.1, -0.05) is 40.3 Å². The van der Waals surface area contributed by atoms with Gasteiger partial charge in [-0.3, -0.25) is 0 Å². The zero-order valence-electron chi connectivity index (χ0n) is 10.3. The highest BCUT2D eigenvalue weighted by molar-refractivity contribution is 5.25. The van der Waals surface area contributed by atoms with Crippen molar-refractivity contribution < 1.29 is 4.74 Å². The molecule has 2 bridgehead atoms. The first-order valence-corrected chi connectivity index (χ1v) is 5.86. The van der Waals surface area contributed by atoms with E-state index in [-0.39, 0.29) is 5.41 Å². The van der Waals surface area contributed by atoms with Crippen LogP contribution in [-0.4, -0.2) is 6.61 Å². The summed E-state index contributed by atoms with van der Waals surface area (Å²) in [7, 11) is 0. The third-order valence-corrected chi connectivity index (χ3v) is 4.39. The van der Waals surface area contributed by atoms with Crippen molar-refractivity contribution in [2.75, 3.05) is 6.61 Å². The Bertz CT molecular complexity index is 309. The molecule has 3 aliphatic rings. The van der Waals surface area contributed by atoms with Crippen molar-refractivity contribution in [3.8, 4) is 0 Å². The quantitative estimate of drug-likeness (QED) is 0.639. The molecule has 0 spiro atoms. The van der Waals surface area contributed by atoms with Gasteiger partial charge in [0, 0.05) is 5.92 Å². The summed E-state index contributed by atoms with van der Waals surface area (Å²) < 4.78 is 5.80. The monoisotopic (exact) mass is 206 g/mol. The van der Waals surface area contributed by atoms with Gasteiger partial charge in [0.2, 0.25) is 0 Å². The molecule has 2 unspecified atom stereocenters. The van der Waals surface area contributed by atoms with Crippen LogP contribution in [0.15, 0.2) is 24.5 Å². The Kier molecular flexibility index (Phi) is 2.25. The van der Waals surface area contributed by atoms with Gasteiger partial charge in [-0.25, -0.2) is 0 Å². The molecule has 0 heterocycles. The smallest absolute Gasteiger partial charge is 0.106 e. The van der Waals surface area contributed by atoms with Gasteiger partial charge in [0.25, 0.3) is 0 Å². The molecule has 0 radical (unpaired) electrons. The third kappa shape index (κ3) is 1.44. The van der Waals surface area contributed by atoms with Crippen molar-refractivity contribution in [3.63, 3.8) is 0 Å². The van der Waals surface area contributed by atoms with Crippen LogP contribution in [0.25, 0.3) is 0 Å². The molecular formula is C14H22O. The lowest BCUT2D eigenvalue weighted by molar-refractivity contribution is -0.0993. The van der Waals surface area contributed by atoms with E-state index in [1.54, 1.807) is 0 Å². The van der Waals surface area contributed by atoms with Gasteiger partial charge in [0.1, 0.15) is 6.61 Å². The van der Waals surface area contributed by atoms with E-state index < -0.39 is 0 Å². The van der Waals surface area contributed by atoms with Crippen LogP contribution in [0.4, 0.5) is 0 Å². The van der Waals surface area contributed by atoms with E-state index >= 15 is 0 Å². The molecule has 0 N–H and O–H groups in total. The molecule has 0 aliphatic heterocycles. The molecule has 0 amide bonds. The van der Waals surface area contributed by atoms with Crippen LogP contribution >= 0.6 is 0 Å². The summed E-state index contributed by atoms with van der Waals surface area (Å²) in [5, 5.41) is 0. The maximum atomic E-state index is 5.80. The molecule has 3 aliphatic carbocycles. The predicted octanol–water partition coefficient (Wildman–Crippen LogP) is 3.78. The van der Waals surface area contributed by atoms with Crippen molar-refractivity contribution in [1.82, 2.24) is 0 Å². The number of hydrogen-bond donors (Lipinski definition) is 0. The maximum Gasteiger partial charge on any atom is 0.106 e. The van der Waals surface area contributed by atoms with E-state index in [1.807, 2.05) is 6.08 Å². The van der Waals surface area contributed by atoms with Crippen molar-refractivity contribution >= 4 is 0 Å². The summed E-state index contributed by atoms with van der Waals surface area (Å²) in [6, 6.07) is 0. The summed E-state index contributed by atoms with van der Waals surface area (Å²) >= 11 is 0. The first-order chi connectivity index (χ1) is 6.89. The van der Waals surface area contributed by atoms with Crippen LogP contribution < -0.4 is 0 Å². The van der Waals surface area contributed by atoms with Crippen LogP contribution in [0.5, 0.6) is 0 Å². The molecular weight excluding hydrogens is 184 g/mol. The summed E-state index contributed by atoms with van der Waals surface area (Å²) in [6.07, 6.45) is 5.45. The van der Waals surface area contributed by atoms with Gasteiger partial charge in [0.05, 0.1) is 5.76 Å². The van der Waals surface area contributed by atoms with Crippen molar-refractivity contribution in [3.05, 3.63) is 24.5 Å². The Labute approximate surface area is 93.2 Å². The zero-order chi connectivity index (χ0) is 11.3. The molecule has 1 fully saturated rings. The second-order valence-electron chi connectivity index (χ2n) is 6.13. The highest BCUT2D eigenvalue weighted by Gasteiger charge is 2.58. The Morgan fingerprint density at radius 3 is 2.60 bits per heavy atom. The van der Waals surface area contributed by atoms with Gasteiger partial charge >= 0.3 is 0 Å². The highest BCUT2D eigenvalue weighted by atomic mass is 16.5. The maximum absolute atomic E-state index is 5.80. The van der Waals surface area contributed by atoms with Gasteiger partial charge in [-0.05, 0) is 29.2 Å². The molecule has 0 saturated heterocycles. The van der Waals surface area contributed by atoms with Crippen LogP contribution in [0.1, 0.15) is 34.1 Å². The standard InChI is InChI=1S/C14H22O/c1-6-7-15-11-9-13(2,3)12-8-10(11)14(12,4)5/h6,9-10,12H,1,7-8H2,2-5H3. The van der Waals surface area contributed by atoms with Gasteiger partial charge in [-0.15, -0.1) is 0 Å². The van der Waals surface area contributed by atoms with Crippen molar-refractivity contribution in [1.29, 1.82) is 0 Å². The molecule has 1 saturated carbocycles. The average Bonchev–Trinajstić information content (AvgIpc) is 2.11. The third-order valence-electron chi connectivity index (χ3n) is 4.39. The molecule has 0 aromatic carbocycles. The van der Waals surface area contributed by atoms with E-state index in [1.165, 1.54) is 12.2 Å². The summed E-state index contributed by atoms with van der Waals surface area (Å²) in [4.78, 5) is 0. The van der Waals surface area contributed by atoms with Crippen molar-refractivity contribution in [2.24, 2.45) is 22.7 Å². The van der Waals surface area contributed by atoms with Crippen LogP contribution in [0, 0.1) is 22.7 Å². The van der Waals surface area contributed by atoms with Gasteiger partial charge < -0.3 is 4.74 Å². The lowest BCUT2D eigenvalue weighted by Crippen LogP contribution is -2.55. The van der Waals surface area contributed by atoms with E-state index in [9.17, 15) is 0 Å². The molecule has 15 heavy (non-hydrogen) atoms. The second kappa shape index (κ2) is 3.13. The Hall–Kier alpha value is -0.720. The topological polar surface area (TPSA) is 9.23 Å². The van der Waals surface area contributed by atoms with Crippen LogP contribution in [0.3, 0.4) is 0 Å². The second-order valence-corrected chi connectivity index (χ2v) is 6.13. The van der Waals surface area contributed by atoms with Crippen LogP contribution in [0.2, 0.25) is 0 Å². The Balaban J connectivity index is 2.24. The molecule has 2 atom stereocenters. The van der Waals surface area contributed by atoms with E-state index in [0.717, 1.165) is 5.92 Å². The first kappa shape index (κ1) is 10.8. The fraction of sp³-hybridized carbons (Fsp3) is 0.714. The van der Waals surface area contributed by atoms with Crippen LogP contribution in [-0.2, 0) is 4.74 Å². The first-order valence-electron chi connectivity index (χ1n) is 5.86. The SMILES string of the molecule is C=CCOC1=CC(C)(C)C2CC1C2(C)C. The highest BCUT2D eigenvalue weighted by Crippen LogP contribution is 2.65. The summed E-state index contributed by atoms with van der Waals surface area (Å²) in [5.41, 5.74) is 0.698. The predicted molar refractivity (Wildman–Crippen MR) is 63.4 cm³/mol. The Morgan fingerprint density at radius 1 is 1.47 bits per heavy atom. The molecule has 84 valence electrons. The van der Waals surface area contributed by atoms with Crippen molar-refractivity contribution in [2.45, 2.75) is 34.1 Å². The fourth-order valence-corrected chi connectivity index (χ4v) is 3.54. The average molecular weight is 206 g/mol. The van der Waals surface area contributed by atoms with Gasteiger partial charge in [-0.2, -0.15) is 0 Å². The number of rotatable bonds is 3. The molecule has 0 aromatic heterocycles. The minimum atomic E-state index is 0.286. The minimum Gasteiger partial charge on any atom is -0.494 e. The largest absolute Gasteiger partial charge is 0.494 e. The lowest BCUT2D eigenvalue weighted by Gasteiger charge is -2.61. The Morgan fingerprint density at radius 2 is 2.13 bits per heavy atom. The normalized spacial score (nSPS) is 35.1. The van der Waals surface area contributed by atoms with Gasteiger partial charge in [0.15, 0.2) is 0 Å². The van der Waals surface area contributed by atoms with E-state index in [4.69, 9.17) is 4.74 Å². The summed E-state index contributed by atoms with van der Waals surface area (Å²) in [5.74, 6) is 2.65. The number of ether oxygens (including phenoxy) is 1. The lowest BCUT2D eigenvalue weighted by atomic mass is 9.44. The molecule has 1 heteroatoms. The molecule has 1 nitrogen and oxygen atoms in total.